The zero-order valence-corrected chi connectivity index (χ0v) is 16.0. The van der Waals surface area contributed by atoms with Crippen LogP contribution in [0, 0.1) is 6.92 Å². The van der Waals surface area contributed by atoms with Crippen LogP contribution < -0.4 is 0 Å². The fourth-order valence-corrected chi connectivity index (χ4v) is 2.92. The molecule has 0 amide bonds. The van der Waals surface area contributed by atoms with Crippen LogP contribution in [0.4, 0.5) is 0 Å². The first kappa shape index (κ1) is 20.6. The maximum atomic E-state index is 10.2. The van der Waals surface area contributed by atoms with E-state index in [-0.39, 0.29) is 0 Å². The first-order chi connectivity index (χ1) is 10.1. The van der Waals surface area contributed by atoms with Gasteiger partial charge in [-0.25, -0.2) is 0 Å². The first-order valence-electron chi connectivity index (χ1n) is 8.73. The van der Waals surface area contributed by atoms with Crippen LogP contribution in [0.1, 0.15) is 70.1 Å². The molecule has 0 aliphatic heterocycles. The van der Waals surface area contributed by atoms with Gasteiger partial charge >= 0.3 is 0 Å². The number of unbranched alkanes of at least 4 members (excludes halogenated alkanes) is 2. The molecule has 1 N–H and O–H groups in total. The lowest BCUT2D eigenvalue weighted by molar-refractivity contribution is 0.458. The minimum atomic E-state index is 0.549. The highest BCUT2D eigenvalue weighted by molar-refractivity contribution is 6.34. The second kappa shape index (κ2) is 13.2. The van der Waals surface area contributed by atoms with Crippen LogP contribution in [0.3, 0.4) is 0 Å². The van der Waals surface area contributed by atoms with Gasteiger partial charge in [-0.1, -0.05) is 58.2 Å². The van der Waals surface area contributed by atoms with Gasteiger partial charge in [-0.3, -0.25) is 0 Å². The lowest BCUT2D eigenvalue weighted by atomic mass is 9.97. The Hall–Kier alpha value is -0.448. The molecule has 0 aliphatic carbocycles. The number of phenolic OH excluding ortho intramolecular Hbond substituents is 1. The van der Waals surface area contributed by atoms with Gasteiger partial charge in [-0.05, 0) is 43.7 Å². The Morgan fingerprint density at radius 1 is 0.857 bits per heavy atom. The van der Waals surface area contributed by atoms with Crippen molar-refractivity contribution in [2.75, 3.05) is 0 Å². The van der Waals surface area contributed by atoms with Crippen molar-refractivity contribution < 1.29 is 5.11 Å². The summed E-state index contributed by atoms with van der Waals surface area (Å²) in [5.74, 6) is 0.549. The van der Waals surface area contributed by atoms with Gasteiger partial charge in [-0.2, -0.15) is 0 Å². The summed E-state index contributed by atoms with van der Waals surface area (Å²) in [6.45, 7) is 11.0. The summed E-state index contributed by atoms with van der Waals surface area (Å²) in [6, 6.07) is 4.25. The second-order valence-electron chi connectivity index (χ2n) is 5.74. The third-order valence-electron chi connectivity index (χ3n) is 3.59. The fourth-order valence-electron chi connectivity index (χ4n) is 2.34. The van der Waals surface area contributed by atoms with E-state index in [1.165, 1.54) is 29.0 Å². The number of hydrogen-bond acceptors (Lipinski definition) is 1. The van der Waals surface area contributed by atoms with Crippen LogP contribution in [0.5, 0.6) is 5.75 Å². The van der Waals surface area contributed by atoms with E-state index < -0.39 is 0 Å². The fraction of sp³-hybridized carbons (Fsp3) is 0.684. The molecular formula is C19H34AlO. The summed E-state index contributed by atoms with van der Waals surface area (Å²) < 4.78 is 0. The number of benzene rings is 1. The average Bonchev–Trinajstić information content (AvgIpc) is 2.47. The molecule has 1 aromatic carbocycles. The Balaban J connectivity index is 0.000000690. The minimum Gasteiger partial charge on any atom is -0.507 e. The van der Waals surface area contributed by atoms with Gasteiger partial charge in [0.15, 0.2) is 15.2 Å². The zero-order chi connectivity index (χ0) is 16.1. The van der Waals surface area contributed by atoms with Crippen LogP contribution in [0.25, 0.3) is 0 Å². The van der Waals surface area contributed by atoms with Crippen molar-refractivity contribution in [3.8, 4) is 5.75 Å². The average molecular weight is 305 g/mol. The molecule has 0 fully saturated rings. The molecule has 0 heterocycles. The molecule has 0 bridgehead atoms. The van der Waals surface area contributed by atoms with Crippen molar-refractivity contribution in [3.63, 3.8) is 0 Å². The summed E-state index contributed by atoms with van der Waals surface area (Å²) in [5, 5.41) is 13.0. The van der Waals surface area contributed by atoms with E-state index in [2.05, 4.69) is 46.8 Å². The highest BCUT2D eigenvalue weighted by atomic mass is 27.1. The molecule has 0 saturated carbocycles. The molecule has 2 heteroatoms. The molecule has 119 valence electrons. The van der Waals surface area contributed by atoms with Crippen molar-refractivity contribution in [2.45, 2.75) is 83.7 Å². The van der Waals surface area contributed by atoms with Crippen LogP contribution in [-0.2, 0) is 12.8 Å². The molecule has 0 aromatic heterocycles. The number of aryl methyl sites for hydroxylation is 3. The smallest absolute Gasteiger partial charge is 0.198 e. The summed E-state index contributed by atoms with van der Waals surface area (Å²) in [6.07, 6.45) is 6.68. The van der Waals surface area contributed by atoms with Gasteiger partial charge in [0.1, 0.15) is 5.75 Å². The third-order valence-corrected chi connectivity index (χ3v) is 4.74. The molecule has 1 nitrogen and oxygen atoms in total. The number of rotatable bonds is 8. The highest BCUT2D eigenvalue weighted by Gasteiger charge is 2.07. The van der Waals surface area contributed by atoms with Crippen molar-refractivity contribution in [1.29, 1.82) is 0 Å². The third kappa shape index (κ3) is 9.23. The maximum absolute atomic E-state index is 10.2. The lowest BCUT2D eigenvalue weighted by Crippen LogP contribution is -1.94. The highest BCUT2D eigenvalue weighted by Crippen LogP contribution is 2.27. The second-order valence-corrected chi connectivity index (χ2v) is 7.95. The van der Waals surface area contributed by atoms with Crippen LogP contribution >= 0.6 is 0 Å². The number of phenols is 1. The Labute approximate surface area is 138 Å². The lowest BCUT2D eigenvalue weighted by Gasteiger charge is -2.11. The summed E-state index contributed by atoms with van der Waals surface area (Å²) in [7, 11) is 0. The first-order valence-corrected chi connectivity index (χ1v) is 10.4. The van der Waals surface area contributed by atoms with Crippen molar-refractivity contribution in [2.24, 2.45) is 0 Å². The van der Waals surface area contributed by atoms with E-state index in [1.54, 1.807) is 0 Å². The van der Waals surface area contributed by atoms with Gasteiger partial charge in [0.25, 0.3) is 0 Å². The zero-order valence-electron chi connectivity index (χ0n) is 14.8. The van der Waals surface area contributed by atoms with Gasteiger partial charge in [0.2, 0.25) is 0 Å². The number of aromatic hydroxyl groups is 1. The van der Waals surface area contributed by atoms with Gasteiger partial charge in [0, 0.05) is 0 Å². The standard InChI is InChI=1S/C15H24O.2C2H5.Al/c1-4-6-8-13-10-12(3)11-14(15(13)16)9-7-5-2;2*1-2;/h10-11,16H,4-9H2,1-3H3;2*1H2,2H3;. The molecule has 1 rings (SSSR count). The monoisotopic (exact) mass is 305 g/mol. The molecule has 0 atom stereocenters. The largest absolute Gasteiger partial charge is 0.507 e. The van der Waals surface area contributed by atoms with E-state index in [0.29, 0.717) is 5.75 Å². The van der Waals surface area contributed by atoms with Crippen LogP contribution in [0.2, 0.25) is 10.6 Å². The van der Waals surface area contributed by atoms with Crippen molar-refractivity contribution >= 4 is 15.2 Å². The Kier molecular flexibility index (Phi) is 12.9. The Morgan fingerprint density at radius 2 is 1.29 bits per heavy atom. The van der Waals surface area contributed by atoms with Gasteiger partial charge < -0.3 is 5.11 Å². The minimum absolute atomic E-state index is 0.549. The Morgan fingerprint density at radius 3 is 1.57 bits per heavy atom. The Bertz CT molecular complexity index is 343. The van der Waals surface area contributed by atoms with E-state index in [0.717, 1.165) is 52.0 Å². The predicted octanol–water partition coefficient (Wildman–Crippen LogP) is 5.95. The van der Waals surface area contributed by atoms with Gasteiger partial charge in [-0.15, -0.1) is 10.6 Å². The van der Waals surface area contributed by atoms with Crippen LogP contribution in [-0.4, -0.2) is 20.3 Å². The van der Waals surface area contributed by atoms with Crippen molar-refractivity contribution in [1.82, 2.24) is 0 Å². The quantitative estimate of drug-likeness (QED) is 0.588. The summed E-state index contributed by atoms with van der Waals surface area (Å²) >= 11 is 0.815. The molecule has 0 saturated heterocycles. The summed E-state index contributed by atoms with van der Waals surface area (Å²) in [4.78, 5) is 0. The van der Waals surface area contributed by atoms with E-state index in [1.807, 2.05) is 0 Å². The topological polar surface area (TPSA) is 20.2 Å². The molecule has 21 heavy (non-hydrogen) atoms. The van der Waals surface area contributed by atoms with E-state index in [4.69, 9.17) is 0 Å². The van der Waals surface area contributed by atoms with Crippen LogP contribution in [0.15, 0.2) is 12.1 Å². The van der Waals surface area contributed by atoms with Crippen molar-refractivity contribution in [3.05, 3.63) is 28.8 Å². The number of hydrogen-bond donors (Lipinski definition) is 1. The molecule has 1 aromatic rings. The maximum Gasteiger partial charge on any atom is 0.198 e. The molecular weight excluding hydrogens is 271 g/mol. The van der Waals surface area contributed by atoms with E-state index >= 15 is 0 Å². The molecule has 0 aliphatic rings. The molecule has 0 unspecified atom stereocenters. The van der Waals surface area contributed by atoms with Gasteiger partial charge in [0.05, 0.1) is 0 Å². The van der Waals surface area contributed by atoms with E-state index in [9.17, 15) is 5.11 Å². The predicted molar refractivity (Wildman–Crippen MR) is 96.8 cm³/mol. The molecule has 1 radical (unpaired) electrons. The summed E-state index contributed by atoms with van der Waals surface area (Å²) in [5.41, 5.74) is 3.54. The SMILES string of the molecule is CCCCc1cc(C)cc(CCCC)c1O.C[CH2][Al][CH2]C. The molecule has 0 spiro atoms. The normalized spacial score (nSPS) is 9.95.